The fourth-order valence-corrected chi connectivity index (χ4v) is 5.38. The van der Waals surface area contributed by atoms with Gasteiger partial charge in [-0.15, -0.1) is 0 Å². The molecule has 0 spiro atoms. The van der Waals surface area contributed by atoms with Gasteiger partial charge in [-0.1, -0.05) is 39.5 Å². The van der Waals surface area contributed by atoms with E-state index in [-0.39, 0.29) is 17.9 Å². The van der Waals surface area contributed by atoms with Crippen LogP contribution in [0.4, 0.5) is 0 Å². The molecule has 2 aromatic heterocycles. The van der Waals surface area contributed by atoms with Gasteiger partial charge in [0.15, 0.2) is 5.58 Å². The normalized spacial score (nSPS) is 22.4. The molecule has 1 aliphatic carbocycles. The molecule has 2 aromatic rings. The van der Waals surface area contributed by atoms with Gasteiger partial charge in [0.2, 0.25) is 5.91 Å². The topological polar surface area (TPSA) is 70.7 Å². The molecule has 2 amide bonds. The highest BCUT2D eigenvalue weighted by atomic mass is 16.3. The van der Waals surface area contributed by atoms with Crippen molar-refractivity contribution in [3.63, 3.8) is 0 Å². The summed E-state index contributed by atoms with van der Waals surface area (Å²) < 4.78 is 7.53. The van der Waals surface area contributed by atoms with Crippen molar-refractivity contribution in [1.82, 2.24) is 19.7 Å². The molecule has 1 aliphatic heterocycles. The zero-order valence-electron chi connectivity index (χ0n) is 19.9. The van der Waals surface area contributed by atoms with Crippen LogP contribution < -0.4 is 5.32 Å². The third kappa shape index (κ3) is 4.32. The van der Waals surface area contributed by atoms with E-state index in [0.717, 1.165) is 57.3 Å². The molecule has 0 bridgehead atoms. The van der Waals surface area contributed by atoms with Gasteiger partial charge in [0.05, 0.1) is 18.3 Å². The van der Waals surface area contributed by atoms with Crippen LogP contribution in [-0.4, -0.2) is 63.9 Å². The number of hydrogen-bond acceptors (Lipinski definition) is 4. The Bertz CT molecular complexity index is 936. The molecular formula is C25H38N4O3. The number of amides is 2. The first kappa shape index (κ1) is 22.9. The Kier molecular flexibility index (Phi) is 6.93. The average Bonchev–Trinajstić information content (AvgIpc) is 3.28. The van der Waals surface area contributed by atoms with Crippen molar-refractivity contribution in [3.8, 4) is 0 Å². The number of carbonyl (C=O) groups excluding carboxylic acids is 2. The van der Waals surface area contributed by atoms with Gasteiger partial charge in [0.25, 0.3) is 5.91 Å². The molecule has 1 atom stereocenters. The first-order valence-corrected chi connectivity index (χ1v) is 12.4. The van der Waals surface area contributed by atoms with Gasteiger partial charge in [0.1, 0.15) is 11.2 Å². The molecule has 7 heteroatoms. The molecule has 4 rings (SSSR count). The van der Waals surface area contributed by atoms with Crippen LogP contribution in [0.1, 0.15) is 76.2 Å². The highest BCUT2D eigenvalue weighted by molar-refractivity contribution is 6.02. The Balaban J connectivity index is 1.60. The maximum absolute atomic E-state index is 13.7. The van der Waals surface area contributed by atoms with E-state index in [0.29, 0.717) is 24.4 Å². The molecule has 0 saturated heterocycles. The van der Waals surface area contributed by atoms with E-state index >= 15 is 0 Å². The van der Waals surface area contributed by atoms with Gasteiger partial charge < -0.3 is 24.1 Å². The maximum atomic E-state index is 13.7. The number of nitrogens with one attached hydrogen (secondary N) is 1. The van der Waals surface area contributed by atoms with E-state index in [9.17, 15) is 9.59 Å². The van der Waals surface area contributed by atoms with Crippen molar-refractivity contribution < 1.29 is 14.0 Å². The van der Waals surface area contributed by atoms with Crippen LogP contribution in [0.3, 0.4) is 0 Å². The van der Waals surface area contributed by atoms with Gasteiger partial charge in [-0.3, -0.25) is 9.59 Å². The molecule has 0 radical (unpaired) electrons. The van der Waals surface area contributed by atoms with Crippen LogP contribution in [0.25, 0.3) is 11.1 Å². The van der Waals surface area contributed by atoms with E-state index in [1.165, 1.54) is 12.8 Å². The fourth-order valence-electron chi connectivity index (χ4n) is 5.38. The molecule has 0 aromatic carbocycles. The molecule has 3 heterocycles. The number of carbonyl (C=O) groups is 2. The second kappa shape index (κ2) is 9.69. The monoisotopic (exact) mass is 442 g/mol. The largest absolute Gasteiger partial charge is 0.463 e. The van der Waals surface area contributed by atoms with Crippen LogP contribution in [0.15, 0.2) is 22.8 Å². The zero-order chi connectivity index (χ0) is 22.7. The molecule has 176 valence electrons. The lowest BCUT2D eigenvalue weighted by Gasteiger charge is -2.44. The third-order valence-electron chi connectivity index (χ3n) is 7.48. The van der Waals surface area contributed by atoms with Gasteiger partial charge in [0, 0.05) is 24.7 Å². The van der Waals surface area contributed by atoms with Crippen LogP contribution in [-0.2, 0) is 11.3 Å². The summed E-state index contributed by atoms with van der Waals surface area (Å²) in [6, 6.07) is 3.90. The van der Waals surface area contributed by atoms with Crippen molar-refractivity contribution in [2.24, 2.45) is 0 Å². The van der Waals surface area contributed by atoms with E-state index in [2.05, 4.69) is 24.1 Å². The number of furan rings is 1. The van der Waals surface area contributed by atoms with Crippen molar-refractivity contribution in [3.05, 3.63) is 24.1 Å². The summed E-state index contributed by atoms with van der Waals surface area (Å²) in [5, 5.41) is 3.33. The minimum Gasteiger partial charge on any atom is -0.463 e. The predicted molar refractivity (Wildman–Crippen MR) is 126 cm³/mol. The van der Waals surface area contributed by atoms with Crippen molar-refractivity contribution in [2.75, 3.05) is 26.2 Å². The van der Waals surface area contributed by atoms with Gasteiger partial charge >= 0.3 is 0 Å². The Labute approximate surface area is 191 Å². The Morgan fingerprint density at radius 3 is 2.62 bits per heavy atom. The van der Waals surface area contributed by atoms with Crippen LogP contribution in [0, 0.1) is 0 Å². The van der Waals surface area contributed by atoms with E-state index in [4.69, 9.17) is 4.42 Å². The standard InChI is InChI=1S/C25H38N4O3/c1-4-27(5-2)14-10-15-29-23(30)21-17-22-20(13-16-32-22)28(21)18-25(29,3)24(31)26-19-11-8-6-7-9-12-19/h13,16-17,19H,4-12,14-15,18H2,1-3H3,(H,26,31)/t25-/m0/s1. The smallest absolute Gasteiger partial charge is 0.271 e. The fraction of sp³-hybridized carbons (Fsp3) is 0.680. The summed E-state index contributed by atoms with van der Waals surface area (Å²) in [5.41, 5.74) is 1.26. The number of nitrogens with zero attached hydrogens (tertiary/aromatic N) is 3. The molecule has 32 heavy (non-hydrogen) atoms. The SMILES string of the molecule is CCN(CC)CCCN1C(=O)c2cc3occc3n2C[C@@]1(C)C(=O)NC1CCCCCC1. The highest BCUT2D eigenvalue weighted by Gasteiger charge is 2.48. The van der Waals surface area contributed by atoms with Gasteiger partial charge in [-0.25, -0.2) is 0 Å². The molecule has 7 nitrogen and oxygen atoms in total. The minimum absolute atomic E-state index is 0.0309. The van der Waals surface area contributed by atoms with Crippen LogP contribution in [0.5, 0.6) is 0 Å². The van der Waals surface area contributed by atoms with E-state index in [1.54, 1.807) is 6.26 Å². The second-order valence-corrected chi connectivity index (χ2v) is 9.56. The molecular weight excluding hydrogens is 404 g/mol. The molecule has 0 unspecified atom stereocenters. The summed E-state index contributed by atoms with van der Waals surface area (Å²) in [6.45, 7) is 10.1. The maximum Gasteiger partial charge on any atom is 0.271 e. The lowest BCUT2D eigenvalue weighted by Crippen LogP contribution is -2.65. The minimum atomic E-state index is -0.928. The Hall–Kier alpha value is -2.28. The summed E-state index contributed by atoms with van der Waals surface area (Å²) in [7, 11) is 0. The summed E-state index contributed by atoms with van der Waals surface area (Å²) in [4.78, 5) is 31.5. The predicted octanol–water partition coefficient (Wildman–Crippen LogP) is 4.02. The average molecular weight is 443 g/mol. The van der Waals surface area contributed by atoms with Crippen LogP contribution in [0.2, 0.25) is 0 Å². The van der Waals surface area contributed by atoms with Crippen molar-refractivity contribution in [1.29, 1.82) is 0 Å². The number of fused-ring (bicyclic) bond motifs is 3. The van der Waals surface area contributed by atoms with Gasteiger partial charge in [-0.2, -0.15) is 0 Å². The first-order valence-electron chi connectivity index (χ1n) is 12.4. The lowest BCUT2D eigenvalue weighted by atomic mass is 9.93. The van der Waals surface area contributed by atoms with Gasteiger partial charge in [-0.05, 0) is 45.8 Å². The quantitative estimate of drug-likeness (QED) is 0.627. The number of rotatable bonds is 8. The van der Waals surface area contributed by atoms with E-state index < -0.39 is 5.54 Å². The molecule has 2 aliphatic rings. The van der Waals surface area contributed by atoms with E-state index in [1.807, 2.05) is 28.5 Å². The second-order valence-electron chi connectivity index (χ2n) is 9.56. The third-order valence-corrected chi connectivity index (χ3v) is 7.48. The Morgan fingerprint density at radius 1 is 1.22 bits per heavy atom. The summed E-state index contributed by atoms with van der Waals surface area (Å²) in [6.07, 6.45) is 9.34. The highest BCUT2D eigenvalue weighted by Crippen LogP contribution is 2.33. The summed E-state index contributed by atoms with van der Waals surface area (Å²) in [5.74, 6) is -0.114. The summed E-state index contributed by atoms with van der Waals surface area (Å²) >= 11 is 0. The number of hydrogen-bond donors (Lipinski definition) is 1. The molecule has 1 saturated carbocycles. The number of aromatic nitrogens is 1. The molecule has 1 fully saturated rings. The van der Waals surface area contributed by atoms with Crippen LogP contribution >= 0.6 is 0 Å². The zero-order valence-corrected chi connectivity index (χ0v) is 19.9. The molecule has 1 N–H and O–H groups in total. The lowest BCUT2D eigenvalue weighted by molar-refractivity contribution is -0.133. The van der Waals surface area contributed by atoms with Crippen molar-refractivity contribution in [2.45, 2.75) is 83.8 Å². The first-order chi connectivity index (χ1) is 15.5. The Morgan fingerprint density at radius 2 is 1.94 bits per heavy atom. The van der Waals surface area contributed by atoms with Crippen molar-refractivity contribution >= 4 is 22.9 Å².